The number of ether oxygens (including phenoxy) is 2. The first-order chi connectivity index (χ1) is 20.4. The largest absolute Gasteiger partial charge is 0.478 e. The molecular formula is C31H31ClFN5O4. The van der Waals surface area contributed by atoms with Gasteiger partial charge in [0.2, 0.25) is 5.88 Å². The van der Waals surface area contributed by atoms with Crippen molar-refractivity contribution in [2.75, 3.05) is 24.6 Å². The lowest BCUT2D eigenvalue weighted by molar-refractivity contribution is -0.0592. The molecule has 2 aromatic heterocycles. The number of nitrogens with zero attached hydrogens (tertiary/aromatic N) is 5. The summed E-state index contributed by atoms with van der Waals surface area (Å²) in [6.07, 6.45) is 3.29. The number of pyridine rings is 1. The van der Waals surface area contributed by atoms with Crippen molar-refractivity contribution in [2.45, 2.75) is 57.1 Å². The van der Waals surface area contributed by atoms with E-state index in [2.05, 4.69) is 14.4 Å². The Bertz CT molecular complexity index is 1630. The molecule has 0 radical (unpaired) electrons. The number of imidazole rings is 1. The van der Waals surface area contributed by atoms with Crippen LogP contribution in [-0.4, -0.2) is 68.4 Å². The summed E-state index contributed by atoms with van der Waals surface area (Å²) in [5, 5.41) is 9.91. The Morgan fingerprint density at radius 1 is 1.07 bits per heavy atom. The molecule has 0 saturated carbocycles. The average molecular weight is 592 g/mol. The summed E-state index contributed by atoms with van der Waals surface area (Å²) in [5.74, 6) is 0.889. The maximum Gasteiger partial charge on any atom is 0.335 e. The van der Waals surface area contributed by atoms with Crippen molar-refractivity contribution in [3.05, 3.63) is 82.4 Å². The van der Waals surface area contributed by atoms with Crippen LogP contribution in [0.3, 0.4) is 0 Å². The van der Waals surface area contributed by atoms with Gasteiger partial charge in [-0.1, -0.05) is 23.7 Å². The minimum absolute atomic E-state index is 0.0688. The van der Waals surface area contributed by atoms with Gasteiger partial charge < -0.3 is 24.0 Å². The first kappa shape index (κ1) is 27.1. The van der Waals surface area contributed by atoms with Crippen molar-refractivity contribution < 1.29 is 23.8 Å². The smallest absolute Gasteiger partial charge is 0.335 e. The molecule has 3 atom stereocenters. The van der Waals surface area contributed by atoms with Gasteiger partial charge in [0.1, 0.15) is 24.1 Å². The first-order valence-electron chi connectivity index (χ1n) is 14.3. The van der Waals surface area contributed by atoms with Crippen LogP contribution in [0, 0.1) is 5.82 Å². The minimum atomic E-state index is -0.944. The Balaban J connectivity index is 1.07. The standard InChI is InChI=1S/C31H31ClFN5O4/c32-21-6-4-20(25(33)13-21)18-42-30-3-1-2-28(35-30)36-14-22-7-8-23(15-36)37(22)17-29-34-26-9-5-19(31(39)40)12-27(26)38(29)16-24-10-11-41-24/h1-6,9,12-13,22-24H,7-8,10-11,14-18H2,(H,39,40)/t22?,23?,24-/m0/s1. The molecule has 11 heteroatoms. The van der Waals surface area contributed by atoms with Gasteiger partial charge in [0, 0.05) is 48.4 Å². The molecule has 5 heterocycles. The van der Waals surface area contributed by atoms with E-state index in [0.29, 0.717) is 41.6 Å². The molecule has 3 saturated heterocycles. The van der Waals surface area contributed by atoms with Gasteiger partial charge in [0.15, 0.2) is 0 Å². The van der Waals surface area contributed by atoms with E-state index >= 15 is 0 Å². The first-order valence-corrected chi connectivity index (χ1v) is 14.7. The summed E-state index contributed by atoms with van der Waals surface area (Å²) in [6, 6.07) is 16.0. The van der Waals surface area contributed by atoms with Crippen LogP contribution < -0.4 is 9.64 Å². The molecule has 4 aromatic rings. The molecule has 0 aliphatic carbocycles. The van der Waals surface area contributed by atoms with E-state index in [-0.39, 0.29) is 18.3 Å². The predicted molar refractivity (Wildman–Crippen MR) is 156 cm³/mol. The van der Waals surface area contributed by atoms with Crippen molar-refractivity contribution in [3.63, 3.8) is 0 Å². The van der Waals surface area contributed by atoms with Crippen LogP contribution in [0.5, 0.6) is 5.88 Å². The summed E-state index contributed by atoms with van der Waals surface area (Å²) in [6.45, 7) is 3.84. The summed E-state index contributed by atoms with van der Waals surface area (Å²) >= 11 is 5.86. The Kier molecular flexibility index (Phi) is 7.21. The van der Waals surface area contributed by atoms with Gasteiger partial charge in [-0.25, -0.2) is 14.2 Å². The number of carbonyl (C=O) groups is 1. The predicted octanol–water partition coefficient (Wildman–Crippen LogP) is 5.14. The highest BCUT2D eigenvalue weighted by Gasteiger charge is 2.41. The number of aromatic nitrogens is 3. The molecule has 9 nitrogen and oxygen atoms in total. The van der Waals surface area contributed by atoms with Crippen LogP contribution in [0.1, 0.15) is 41.0 Å². The highest BCUT2D eigenvalue weighted by Crippen LogP contribution is 2.34. The van der Waals surface area contributed by atoms with Gasteiger partial charge in [0.05, 0.1) is 35.8 Å². The number of benzene rings is 2. The number of carboxylic acid groups (broad SMARTS) is 1. The molecule has 3 fully saturated rings. The van der Waals surface area contributed by atoms with E-state index < -0.39 is 11.8 Å². The number of rotatable bonds is 9. The molecule has 2 bridgehead atoms. The Labute approximate surface area is 247 Å². The third-order valence-electron chi connectivity index (χ3n) is 8.63. The number of anilines is 1. The molecule has 2 aromatic carbocycles. The zero-order valence-electron chi connectivity index (χ0n) is 23.0. The molecule has 2 unspecified atom stereocenters. The monoisotopic (exact) mass is 591 g/mol. The van der Waals surface area contributed by atoms with Crippen LogP contribution >= 0.6 is 11.6 Å². The quantitative estimate of drug-likeness (QED) is 0.286. The van der Waals surface area contributed by atoms with Gasteiger partial charge in [-0.15, -0.1) is 0 Å². The third kappa shape index (κ3) is 5.30. The number of fused-ring (bicyclic) bond motifs is 3. The fourth-order valence-electron chi connectivity index (χ4n) is 6.31. The molecule has 7 rings (SSSR count). The van der Waals surface area contributed by atoms with Crippen LogP contribution in [0.4, 0.5) is 10.2 Å². The number of aromatic carboxylic acids is 1. The molecule has 218 valence electrons. The molecule has 42 heavy (non-hydrogen) atoms. The van der Waals surface area contributed by atoms with Gasteiger partial charge in [-0.2, -0.15) is 4.98 Å². The SMILES string of the molecule is O=C(O)c1ccc2nc(CN3C4CCC3CN(c3cccc(OCc5ccc(Cl)cc5F)n3)C4)n(C[C@@H]3CCO3)c2c1. The molecule has 3 aliphatic heterocycles. The van der Waals surface area contributed by atoms with E-state index in [1.54, 1.807) is 36.4 Å². The van der Waals surface area contributed by atoms with Gasteiger partial charge in [-0.3, -0.25) is 4.90 Å². The fourth-order valence-corrected chi connectivity index (χ4v) is 6.47. The molecule has 3 aliphatic rings. The van der Waals surface area contributed by atoms with Crippen LogP contribution in [0.2, 0.25) is 5.02 Å². The van der Waals surface area contributed by atoms with Crippen LogP contribution in [-0.2, 0) is 24.4 Å². The summed E-state index contributed by atoms with van der Waals surface area (Å²) in [4.78, 5) is 26.2. The Morgan fingerprint density at radius 3 is 2.60 bits per heavy atom. The van der Waals surface area contributed by atoms with Crippen LogP contribution in [0.15, 0.2) is 54.6 Å². The fraction of sp³-hybridized carbons (Fsp3) is 0.387. The molecule has 0 amide bonds. The van der Waals surface area contributed by atoms with Gasteiger partial charge in [0.25, 0.3) is 0 Å². The van der Waals surface area contributed by atoms with Gasteiger partial charge >= 0.3 is 5.97 Å². The maximum atomic E-state index is 14.2. The number of hydrogen-bond donors (Lipinski definition) is 1. The Hall–Kier alpha value is -3.73. The Morgan fingerprint density at radius 2 is 1.88 bits per heavy atom. The highest BCUT2D eigenvalue weighted by molar-refractivity contribution is 6.30. The summed E-state index contributed by atoms with van der Waals surface area (Å²) in [5.41, 5.74) is 2.33. The zero-order valence-corrected chi connectivity index (χ0v) is 23.7. The van der Waals surface area contributed by atoms with Crippen molar-refractivity contribution >= 4 is 34.4 Å². The van der Waals surface area contributed by atoms with E-state index in [4.69, 9.17) is 31.0 Å². The van der Waals surface area contributed by atoms with E-state index in [9.17, 15) is 14.3 Å². The van der Waals surface area contributed by atoms with E-state index in [1.165, 1.54) is 6.07 Å². The number of halogens is 2. The lowest BCUT2D eigenvalue weighted by atomic mass is 10.1. The lowest BCUT2D eigenvalue weighted by Gasteiger charge is -2.41. The topological polar surface area (TPSA) is 93.0 Å². The van der Waals surface area contributed by atoms with Crippen molar-refractivity contribution in [1.29, 1.82) is 0 Å². The second-order valence-corrected chi connectivity index (χ2v) is 11.7. The molecular weight excluding hydrogens is 561 g/mol. The van der Waals surface area contributed by atoms with Crippen molar-refractivity contribution in [1.82, 2.24) is 19.4 Å². The van der Waals surface area contributed by atoms with Crippen molar-refractivity contribution in [2.24, 2.45) is 0 Å². The van der Waals surface area contributed by atoms with Crippen LogP contribution in [0.25, 0.3) is 11.0 Å². The minimum Gasteiger partial charge on any atom is -0.478 e. The maximum absolute atomic E-state index is 14.2. The highest BCUT2D eigenvalue weighted by atomic mass is 35.5. The van der Waals surface area contributed by atoms with Gasteiger partial charge in [-0.05, 0) is 55.7 Å². The van der Waals surface area contributed by atoms with Crippen molar-refractivity contribution in [3.8, 4) is 5.88 Å². The average Bonchev–Trinajstić information content (AvgIpc) is 3.40. The number of carboxylic acids is 1. The number of hydrogen-bond acceptors (Lipinski definition) is 7. The number of piperazine rings is 1. The third-order valence-corrected chi connectivity index (χ3v) is 8.87. The normalized spacial score (nSPS) is 22.0. The summed E-state index contributed by atoms with van der Waals surface area (Å²) in [7, 11) is 0. The van der Waals surface area contributed by atoms with E-state index in [1.807, 2.05) is 12.1 Å². The second-order valence-electron chi connectivity index (χ2n) is 11.2. The zero-order chi connectivity index (χ0) is 28.8. The second kappa shape index (κ2) is 11.2. The molecule has 0 spiro atoms. The lowest BCUT2D eigenvalue weighted by Crippen LogP contribution is -2.53. The van der Waals surface area contributed by atoms with E-state index in [0.717, 1.165) is 61.6 Å². The molecule has 1 N–H and O–H groups in total. The summed E-state index contributed by atoms with van der Waals surface area (Å²) < 4.78 is 27.9.